The maximum Gasteiger partial charge on any atom is 0.258 e. The van der Waals surface area contributed by atoms with Crippen molar-refractivity contribution in [1.82, 2.24) is 5.32 Å². The van der Waals surface area contributed by atoms with Gasteiger partial charge in [-0.1, -0.05) is 6.92 Å². The summed E-state index contributed by atoms with van der Waals surface area (Å²) in [5.74, 6) is 1.12. The second-order valence-electron chi connectivity index (χ2n) is 4.39. The van der Waals surface area contributed by atoms with E-state index in [-0.39, 0.29) is 18.6 Å². The van der Waals surface area contributed by atoms with Crippen molar-refractivity contribution in [2.24, 2.45) is 5.73 Å². The average molecular weight is 266 g/mol. The van der Waals surface area contributed by atoms with E-state index in [1.54, 1.807) is 19.2 Å². The summed E-state index contributed by atoms with van der Waals surface area (Å²) in [6, 6.07) is 5.53. The fraction of sp³-hybridized carbons (Fsp3) is 0.500. The molecule has 106 valence electrons. The molecule has 0 heterocycles. The predicted octanol–water partition coefficient (Wildman–Crippen LogP) is 1.45. The molecule has 0 aliphatic rings. The van der Waals surface area contributed by atoms with E-state index >= 15 is 0 Å². The Morgan fingerprint density at radius 3 is 2.63 bits per heavy atom. The fourth-order valence-electron chi connectivity index (χ4n) is 1.52. The third-order valence-electron chi connectivity index (χ3n) is 2.80. The van der Waals surface area contributed by atoms with E-state index in [1.165, 1.54) is 0 Å². The minimum atomic E-state index is -0.133. The highest BCUT2D eigenvalue weighted by Crippen LogP contribution is 2.22. The van der Waals surface area contributed by atoms with Crippen molar-refractivity contribution in [2.45, 2.75) is 32.9 Å². The van der Waals surface area contributed by atoms with Crippen LogP contribution in [0.1, 0.15) is 25.8 Å². The topological polar surface area (TPSA) is 73.6 Å². The van der Waals surface area contributed by atoms with Crippen LogP contribution in [0.25, 0.3) is 0 Å². The van der Waals surface area contributed by atoms with Crippen molar-refractivity contribution in [1.29, 1.82) is 0 Å². The molecular formula is C14H22N2O3. The Morgan fingerprint density at radius 2 is 2.05 bits per heavy atom. The van der Waals surface area contributed by atoms with E-state index in [9.17, 15) is 4.79 Å². The van der Waals surface area contributed by atoms with E-state index < -0.39 is 0 Å². The van der Waals surface area contributed by atoms with E-state index in [0.717, 1.165) is 12.0 Å². The predicted molar refractivity (Wildman–Crippen MR) is 74.3 cm³/mol. The van der Waals surface area contributed by atoms with E-state index in [4.69, 9.17) is 15.2 Å². The Bertz CT molecular complexity index is 399. The number of benzene rings is 1. The largest absolute Gasteiger partial charge is 0.497 e. The van der Waals surface area contributed by atoms with Crippen LogP contribution in [0.15, 0.2) is 18.2 Å². The van der Waals surface area contributed by atoms with Gasteiger partial charge in [-0.15, -0.1) is 0 Å². The molecule has 5 heteroatoms. The van der Waals surface area contributed by atoms with Gasteiger partial charge in [0.15, 0.2) is 6.61 Å². The molecule has 0 radical (unpaired) electrons. The third-order valence-corrected chi connectivity index (χ3v) is 2.80. The van der Waals surface area contributed by atoms with Crippen LogP contribution < -0.4 is 20.5 Å². The highest BCUT2D eigenvalue weighted by atomic mass is 16.5. The average Bonchev–Trinajstić information content (AvgIpc) is 2.44. The van der Waals surface area contributed by atoms with Crippen molar-refractivity contribution in [3.8, 4) is 11.5 Å². The molecule has 1 amide bonds. The lowest BCUT2D eigenvalue weighted by Crippen LogP contribution is -2.35. The number of nitrogens with two attached hydrogens (primary N) is 1. The van der Waals surface area contributed by atoms with Gasteiger partial charge in [0, 0.05) is 18.7 Å². The lowest BCUT2D eigenvalue weighted by molar-refractivity contribution is -0.123. The number of carbonyl (C=O) groups excluding carboxylic acids is 1. The van der Waals surface area contributed by atoms with Crippen molar-refractivity contribution >= 4 is 5.91 Å². The van der Waals surface area contributed by atoms with E-state index in [1.807, 2.05) is 19.9 Å². The number of amides is 1. The highest BCUT2D eigenvalue weighted by molar-refractivity contribution is 5.77. The molecular weight excluding hydrogens is 244 g/mol. The zero-order chi connectivity index (χ0) is 14.3. The number of carbonyl (C=O) groups is 1. The first kappa shape index (κ1) is 15.3. The first-order valence-corrected chi connectivity index (χ1v) is 6.39. The van der Waals surface area contributed by atoms with Crippen LogP contribution in [0.3, 0.4) is 0 Å². The number of nitrogens with one attached hydrogen (secondary N) is 1. The maximum atomic E-state index is 11.6. The van der Waals surface area contributed by atoms with Crippen LogP contribution in [-0.2, 0) is 11.3 Å². The molecule has 1 aromatic rings. The van der Waals surface area contributed by atoms with Gasteiger partial charge in [0.2, 0.25) is 0 Å². The van der Waals surface area contributed by atoms with Gasteiger partial charge < -0.3 is 20.5 Å². The normalized spacial score (nSPS) is 11.8. The zero-order valence-corrected chi connectivity index (χ0v) is 11.7. The summed E-state index contributed by atoms with van der Waals surface area (Å²) in [4.78, 5) is 11.6. The third kappa shape index (κ3) is 5.18. The number of methoxy groups -OCH3 is 1. The SMILES string of the molecule is CCC(C)NC(=O)COc1cc(CN)cc(OC)c1. The first-order valence-electron chi connectivity index (χ1n) is 6.39. The van der Waals surface area contributed by atoms with Gasteiger partial charge in [0.05, 0.1) is 7.11 Å². The lowest BCUT2D eigenvalue weighted by Gasteiger charge is -2.13. The molecule has 5 nitrogen and oxygen atoms in total. The molecule has 0 saturated heterocycles. The molecule has 3 N–H and O–H groups in total. The van der Waals surface area contributed by atoms with Crippen LogP contribution in [0, 0.1) is 0 Å². The van der Waals surface area contributed by atoms with Gasteiger partial charge in [-0.3, -0.25) is 4.79 Å². The Morgan fingerprint density at radius 1 is 1.37 bits per heavy atom. The van der Waals surface area contributed by atoms with Gasteiger partial charge in [-0.2, -0.15) is 0 Å². The zero-order valence-electron chi connectivity index (χ0n) is 11.7. The van der Waals surface area contributed by atoms with Crippen LogP contribution in [-0.4, -0.2) is 25.7 Å². The fourth-order valence-corrected chi connectivity index (χ4v) is 1.52. The standard InChI is InChI=1S/C14H22N2O3/c1-4-10(2)16-14(17)9-19-13-6-11(8-15)5-12(7-13)18-3/h5-7,10H,4,8-9,15H2,1-3H3,(H,16,17). The Balaban J connectivity index is 2.59. The van der Waals surface area contributed by atoms with Gasteiger partial charge in [-0.05, 0) is 31.0 Å². The van der Waals surface area contributed by atoms with Gasteiger partial charge in [0.25, 0.3) is 5.91 Å². The summed E-state index contributed by atoms with van der Waals surface area (Å²) >= 11 is 0. The Hall–Kier alpha value is -1.75. The highest BCUT2D eigenvalue weighted by Gasteiger charge is 2.07. The summed E-state index contributed by atoms with van der Waals surface area (Å²) in [6.45, 7) is 4.35. The molecule has 1 atom stereocenters. The second kappa shape index (κ2) is 7.63. The molecule has 0 fully saturated rings. The van der Waals surface area contributed by atoms with Crippen LogP contribution in [0.2, 0.25) is 0 Å². The molecule has 0 aliphatic heterocycles. The summed E-state index contributed by atoms with van der Waals surface area (Å²) in [7, 11) is 1.58. The van der Waals surface area contributed by atoms with Crippen molar-refractivity contribution in [2.75, 3.05) is 13.7 Å². The lowest BCUT2D eigenvalue weighted by atomic mass is 10.2. The summed E-state index contributed by atoms with van der Waals surface area (Å²) in [5, 5.41) is 2.84. The van der Waals surface area contributed by atoms with Crippen molar-refractivity contribution < 1.29 is 14.3 Å². The monoisotopic (exact) mass is 266 g/mol. The van der Waals surface area contributed by atoms with Crippen molar-refractivity contribution in [3.05, 3.63) is 23.8 Å². The van der Waals surface area contributed by atoms with Crippen molar-refractivity contribution in [3.63, 3.8) is 0 Å². The van der Waals surface area contributed by atoms with E-state index in [0.29, 0.717) is 18.0 Å². The quantitative estimate of drug-likeness (QED) is 0.783. The summed E-state index contributed by atoms with van der Waals surface area (Å²) < 4.78 is 10.6. The molecule has 1 rings (SSSR count). The molecule has 0 aromatic heterocycles. The second-order valence-corrected chi connectivity index (χ2v) is 4.39. The minimum Gasteiger partial charge on any atom is -0.497 e. The Kier molecular flexibility index (Phi) is 6.15. The molecule has 0 aliphatic carbocycles. The van der Waals surface area contributed by atoms with Gasteiger partial charge in [0.1, 0.15) is 11.5 Å². The van der Waals surface area contributed by atoms with Gasteiger partial charge >= 0.3 is 0 Å². The number of hydrogen-bond acceptors (Lipinski definition) is 4. The van der Waals surface area contributed by atoms with Crippen LogP contribution in [0.4, 0.5) is 0 Å². The molecule has 19 heavy (non-hydrogen) atoms. The Labute approximate surface area is 114 Å². The summed E-state index contributed by atoms with van der Waals surface area (Å²) in [6.07, 6.45) is 0.891. The first-order chi connectivity index (χ1) is 9.08. The molecule has 1 unspecified atom stereocenters. The summed E-state index contributed by atoms with van der Waals surface area (Å²) in [5.41, 5.74) is 6.49. The maximum absolute atomic E-state index is 11.6. The molecule has 1 aromatic carbocycles. The van der Waals surface area contributed by atoms with E-state index in [2.05, 4.69) is 5.32 Å². The molecule has 0 saturated carbocycles. The molecule has 0 spiro atoms. The number of ether oxygens (including phenoxy) is 2. The number of hydrogen-bond donors (Lipinski definition) is 2. The molecule has 0 bridgehead atoms. The number of rotatable bonds is 7. The smallest absolute Gasteiger partial charge is 0.258 e. The van der Waals surface area contributed by atoms with Crippen LogP contribution in [0.5, 0.6) is 11.5 Å². The van der Waals surface area contributed by atoms with Crippen LogP contribution >= 0.6 is 0 Å². The van der Waals surface area contributed by atoms with Gasteiger partial charge in [-0.25, -0.2) is 0 Å². The minimum absolute atomic E-state index is 0.0124.